The molecule has 2 aromatic heterocycles. The van der Waals surface area contributed by atoms with Gasteiger partial charge in [0.25, 0.3) is 0 Å². The molecule has 0 amide bonds. The Morgan fingerprint density at radius 2 is 2.08 bits per heavy atom. The first-order chi connectivity index (χ1) is 11.7. The molecule has 1 N–H and O–H groups in total. The predicted octanol–water partition coefficient (Wildman–Crippen LogP) is 0.496. The summed E-state index contributed by atoms with van der Waals surface area (Å²) < 4.78 is 3.44. The highest BCUT2D eigenvalue weighted by atomic mass is 16.3. The Hall–Kier alpha value is -2.58. The number of nitrogens with zero attached hydrogens (tertiary/aromatic N) is 7. The van der Waals surface area contributed by atoms with Crippen molar-refractivity contribution >= 4 is 0 Å². The third-order valence-corrected chi connectivity index (χ3v) is 4.26. The molecule has 1 aromatic carbocycles. The number of aliphatic hydroxyl groups is 1. The van der Waals surface area contributed by atoms with Gasteiger partial charge in [-0.15, -0.1) is 10.2 Å². The second-order valence-corrected chi connectivity index (χ2v) is 6.23. The third kappa shape index (κ3) is 3.19. The molecule has 0 bridgehead atoms. The van der Waals surface area contributed by atoms with Crippen LogP contribution in [0, 0.1) is 0 Å². The van der Waals surface area contributed by atoms with Crippen LogP contribution in [0.5, 0.6) is 0 Å². The van der Waals surface area contributed by atoms with Gasteiger partial charge in [0.05, 0.1) is 30.6 Å². The van der Waals surface area contributed by atoms with E-state index in [4.69, 9.17) is 0 Å². The van der Waals surface area contributed by atoms with Crippen LogP contribution in [0.15, 0.2) is 49.1 Å². The monoisotopic (exact) mass is 325 g/mol. The Kier molecular flexibility index (Phi) is 3.83. The maximum atomic E-state index is 10.7. The summed E-state index contributed by atoms with van der Waals surface area (Å²) in [5.74, 6) is 0.754. The fourth-order valence-electron chi connectivity index (χ4n) is 3.10. The molecule has 4 rings (SSSR count). The highest BCUT2D eigenvalue weighted by Crippen LogP contribution is 2.24. The molecule has 1 aliphatic rings. The van der Waals surface area contributed by atoms with Crippen molar-refractivity contribution in [3.05, 3.63) is 54.9 Å². The zero-order valence-corrected chi connectivity index (χ0v) is 13.2. The second-order valence-electron chi connectivity index (χ2n) is 6.23. The summed E-state index contributed by atoms with van der Waals surface area (Å²) in [6.45, 7) is 2.46. The van der Waals surface area contributed by atoms with Gasteiger partial charge in [0.1, 0.15) is 6.33 Å². The first-order valence-electron chi connectivity index (χ1n) is 7.95. The van der Waals surface area contributed by atoms with Crippen LogP contribution in [0.4, 0.5) is 0 Å². The molecule has 24 heavy (non-hydrogen) atoms. The van der Waals surface area contributed by atoms with Gasteiger partial charge in [0, 0.05) is 19.3 Å². The van der Waals surface area contributed by atoms with E-state index in [1.807, 2.05) is 30.3 Å². The van der Waals surface area contributed by atoms with E-state index in [-0.39, 0.29) is 0 Å². The normalized spacial score (nSPS) is 21.4. The standard InChI is InChI=1S/C16H19N7O/c24-16(12-22-9-7-18-20-22)6-8-21(11-16)10-15-17-13-23(19-15)14-4-2-1-3-5-14/h1-5,7,9,13,24H,6,8,10-12H2. The minimum absolute atomic E-state index is 0.454. The number of likely N-dealkylation sites (tertiary alicyclic amines) is 1. The molecule has 0 aliphatic carbocycles. The molecule has 1 saturated heterocycles. The van der Waals surface area contributed by atoms with Crippen molar-refractivity contribution in [2.24, 2.45) is 0 Å². The highest BCUT2D eigenvalue weighted by Gasteiger charge is 2.37. The lowest BCUT2D eigenvalue weighted by Gasteiger charge is -2.22. The third-order valence-electron chi connectivity index (χ3n) is 4.26. The van der Waals surface area contributed by atoms with E-state index in [1.54, 1.807) is 28.1 Å². The summed E-state index contributed by atoms with van der Waals surface area (Å²) >= 11 is 0. The van der Waals surface area contributed by atoms with Crippen LogP contribution in [0.2, 0.25) is 0 Å². The van der Waals surface area contributed by atoms with Crippen LogP contribution in [0.3, 0.4) is 0 Å². The molecular weight excluding hydrogens is 306 g/mol. The van der Waals surface area contributed by atoms with E-state index < -0.39 is 5.60 Å². The first-order valence-corrected chi connectivity index (χ1v) is 7.95. The molecule has 1 atom stereocenters. The molecule has 8 heteroatoms. The van der Waals surface area contributed by atoms with Crippen molar-refractivity contribution in [2.45, 2.75) is 25.1 Å². The number of para-hydroxylation sites is 1. The van der Waals surface area contributed by atoms with Crippen molar-refractivity contribution in [1.82, 2.24) is 34.7 Å². The quantitative estimate of drug-likeness (QED) is 0.735. The van der Waals surface area contributed by atoms with Crippen molar-refractivity contribution in [1.29, 1.82) is 0 Å². The maximum Gasteiger partial charge on any atom is 0.164 e. The summed E-state index contributed by atoms with van der Waals surface area (Å²) in [5, 5.41) is 23.0. The summed E-state index contributed by atoms with van der Waals surface area (Å²) in [7, 11) is 0. The number of hydrogen-bond acceptors (Lipinski definition) is 6. The van der Waals surface area contributed by atoms with Gasteiger partial charge in [-0.05, 0) is 18.6 Å². The molecule has 0 saturated carbocycles. The molecule has 8 nitrogen and oxygen atoms in total. The lowest BCUT2D eigenvalue weighted by atomic mass is 10.0. The number of rotatable bonds is 5. The smallest absolute Gasteiger partial charge is 0.164 e. The van der Waals surface area contributed by atoms with Crippen molar-refractivity contribution in [2.75, 3.05) is 13.1 Å². The molecule has 3 heterocycles. The zero-order valence-electron chi connectivity index (χ0n) is 13.2. The van der Waals surface area contributed by atoms with Gasteiger partial charge in [0.15, 0.2) is 5.82 Å². The molecule has 1 fully saturated rings. The second kappa shape index (κ2) is 6.14. The van der Waals surface area contributed by atoms with E-state index >= 15 is 0 Å². The van der Waals surface area contributed by atoms with Gasteiger partial charge in [0.2, 0.25) is 0 Å². The SMILES string of the molecule is OC1(Cn2ccnn2)CCN(Cc2ncn(-c3ccccc3)n2)C1. The van der Waals surface area contributed by atoms with Gasteiger partial charge >= 0.3 is 0 Å². The van der Waals surface area contributed by atoms with Gasteiger partial charge in [-0.25, -0.2) is 14.3 Å². The van der Waals surface area contributed by atoms with Gasteiger partial charge in [-0.2, -0.15) is 0 Å². The fourth-order valence-corrected chi connectivity index (χ4v) is 3.10. The average molecular weight is 325 g/mol. The largest absolute Gasteiger partial charge is 0.387 e. The number of hydrogen-bond donors (Lipinski definition) is 1. The Morgan fingerprint density at radius 3 is 2.88 bits per heavy atom. The van der Waals surface area contributed by atoms with Gasteiger partial charge in [-0.3, -0.25) is 4.90 Å². The predicted molar refractivity (Wildman–Crippen MR) is 86.2 cm³/mol. The minimum atomic E-state index is -0.782. The first kappa shape index (κ1) is 15.0. The van der Waals surface area contributed by atoms with Crippen LogP contribution in [-0.2, 0) is 13.1 Å². The van der Waals surface area contributed by atoms with Crippen LogP contribution in [0.25, 0.3) is 5.69 Å². The molecule has 0 radical (unpaired) electrons. The Labute approximate surface area is 139 Å². The lowest BCUT2D eigenvalue weighted by Crippen LogP contribution is -2.37. The van der Waals surface area contributed by atoms with E-state index in [0.717, 1.165) is 18.1 Å². The fraction of sp³-hybridized carbons (Fsp3) is 0.375. The van der Waals surface area contributed by atoms with E-state index in [0.29, 0.717) is 26.1 Å². The van der Waals surface area contributed by atoms with Crippen LogP contribution in [0.1, 0.15) is 12.2 Å². The topological polar surface area (TPSA) is 84.9 Å². The summed E-state index contributed by atoms with van der Waals surface area (Å²) in [4.78, 5) is 6.55. The maximum absolute atomic E-state index is 10.7. The van der Waals surface area contributed by atoms with E-state index in [1.165, 1.54) is 0 Å². The summed E-state index contributed by atoms with van der Waals surface area (Å²) in [5.41, 5.74) is 0.204. The summed E-state index contributed by atoms with van der Waals surface area (Å²) in [6.07, 6.45) is 5.81. The van der Waals surface area contributed by atoms with Crippen LogP contribution >= 0.6 is 0 Å². The average Bonchev–Trinajstić information content (AvgIpc) is 3.32. The van der Waals surface area contributed by atoms with Gasteiger partial charge < -0.3 is 5.11 Å². The molecular formula is C16H19N7O. The lowest BCUT2D eigenvalue weighted by molar-refractivity contribution is 0.0272. The molecule has 3 aromatic rings. The summed E-state index contributed by atoms with van der Waals surface area (Å²) in [6, 6.07) is 9.90. The molecule has 124 valence electrons. The van der Waals surface area contributed by atoms with E-state index in [9.17, 15) is 5.11 Å². The molecule has 1 unspecified atom stereocenters. The van der Waals surface area contributed by atoms with Gasteiger partial charge in [-0.1, -0.05) is 23.4 Å². The van der Waals surface area contributed by atoms with Crippen molar-refractivity contribution < 1.29 is 5.11 Å². The van der Waals surface area contributed by atoms with Crippen LogP contribution < -0.4 is 0 Å². The highest BCUT2D eigenvalue weighted by molar-refractivity contribution is 5.29. The molecule has 0 spiro atoms. The Bertz CT molecular complexity index is 786. The number of aromatic nitrogens is 6. The van der Waals surface area contributed by atoms with E-state index in [2.05, 4.69) is 25.3 Å². The Morgan fingerprint density at radius 1 is 1.21 bits per heavy atom. The zero-order chi connectivity index (χ0) is 16.4. The van der Waals surface area contributed by atoms with Crippen molar-refractivity contribution in [3.8, 4) is 5.69 Å². The van der Waals surface area contributed by atoms with Crippen molar-refractivity contribution in [3.63, 3.8) is 0 Å². The number of β-amino-alcohol motifs (C(OH)–C–C–N with tert-alkyl or cyclic N) is 1. The number of benzene rings is 1. The van der Waals surface area contributed by atoms with Crippen LogP contribution in [-0.4, -0.2) is 58.5 Å². The minimum Gasteiger partial charge on any atom is -0.387 e. The Balaban J connectivity index is 1.39. The molecule has 1 aliphatic heterocycles.